The van der Waals surface area contributed by atoms with Crippen LogP contribution in [-0.4, -0.2) is 47.6 Å². The van der Waals surface area contributed by atoms with Crippen LogP contribution in [0, 0.1) is 0 Å². The molecule has 1 aliphatic heterocycles. The molecule has 1 fully saturated rings. The van der Waals surface area contributed by atoms with E-state index in [-0.39, 0.29) is 11.8 Å². The van der Waals surface area contributed by atoms with Gasteiger partial charge in [0.25, 0.3) is 5.91 Å². The van der Waals surface area contributed by atoms with E-state index in [4.69, 9.17) is 4.74 Å². The maximum absolute atomic E-state index is 12.6. The van der Waals surface area contributed by atoms with Crippen LogP contribution in [0.2, 0.25) is 0 Å². The van der Waals surface area contributed by atoms with Crippen molar-refractivity contribution >= 4 is 17.5 Å². The highest BCUT2D eigenvalue weighted by atomic mass is 16.5. The first-order chi connectivity index (χ1) is 12.1. The van der Waals surface area contributed by atoms with Crippen molar-refractivity contribution in [1.29, 1.82) is 0 Å². The molecule has 0 saturated carbocycles. The lowest BCUT2D eigenvalue weighted by molar-refractivity contribution is -0.117. The molecule has 0 unspecified atom stereocenters. The molecule has 1 aliphatic rings. The third kappa shape index (κ3) is 3.88. The Morgan fingerprint density at radius 2 is 2.12 bits per heavy atom. The number of hydrogen-bond acceptors (Lipinski definition) is 4. The Balaban J connectivity index is 1.64. The molecule has 1 N–H and O–H groups in total. The van der Waals surface area contributed by atoms with Gasteiger partial charge in [-0.3, -0.25) is 14.7 Å². The van der Waals surface area contributed by atoms with Gasteiger partial charge in [0.1, 0.15) is 0 Å². The van der Waals surface area contributed by atoms with E-state index in [0.29, 0.717) is 25.1 Å². The van der Waals surface area contributed by atoms with Crippen LogP contribution in [0.3, 0.4) is 0 Å². The highest BCUT2D eigenvalue weighted by Gasteiger charge is 2.22. The number of nitrogens with zero attached hydrogens (tertiary/aromatic N) is 3. The summed E-state index contributed by atoms with van der Waals surface area (Å²) in [6, 6.07) is 9.08. The minimum atomic E-state index is -0.0813. The molecule has 25 heavy (non-hydrogen) atoms. The van der Waals surface area contributed by atoms with Gasteiger partial charge in [-0.1, -0.05) is 0 Å². The SMILES string of the molecule is COCc1cc(CN(C)C(=O)c2ccc(N3CCCC3=O)cc2)[nH]n1. The third-order valence-electron chi connectivity index (χ3n) is 4.23. The maximum Gasteiger partial charge on any atom is 0.253 e. The van der Waals surface area contributed by atoms with Crippen LogP contribution in [0.1, 0.15) is 34.6 Å². The van der Waals surface area contributed by atoms with Crippen molar-refractivity contribution in [3.8, 4) is 0 Å². The summed E-state index contributed by atoms with van der Waals surface area (Å²) in [4.78, 5) is 27.7. The molecule has 2 aromatic rings. The third-order valence-corrected chi connectivity index (χ3v) is 4.23. The molecule has 0 radical (unpaired) electrons. The monoisotopic (exact) mass is 342 g/mol. The largest absolute Gasteiger partial charge is 0.378 e. The molecule has 7 nitrogen and oxygen atoms in total. The van der Waals surface area contributed by atoms with Gasteiger partial charge >= 0.3 is 0 Å². The average Bonchev–Trinajstić information content (AvgIpc) is 3.23. The molecule has 0 aliphatic carbocycles. The number of amides is 2. The van der Waals surface area contributed by atoms with E-state index in [1.54, 1.807) is 36.1 Å². The predicted molar refractivity (Wildman–Crippen MR) is 93.1 cm³/mol. The Kier molecular flexibility index (Phi) is 5.14. The van der Waals surface area contributed by atoms with Gasteiger partial charge in [-0.05, 0) is 36.8 Å². The van der Waals surface area contributed by atoms with Gasteiger partial charge in [0.15, 0.2) is 0 Å². The Morgan fingerprint density at radius 3 is 2.76 bits per heavy atom. The summed E-state index contributed by atoms with van der Waals surface area (Å²) >= 11 is 0. The lowest BCUT2D eigenvalue weighted by Crippen LogP contribution is -2.27. The number of H-pyrrole nitrogens is 1. The first-order valence-electron chi connectivity index (χ1n) is 8.26. The number of methoxy groups -OCH3 is 1. The normalized spacial score (nSPS) is 14.2. The fourth-order valence-corrected chi connectivity index (χ4v) is 2.96. The van der Waals surface area contributed by atoms with Gasteiger partial charge in [-0.2, -0.15) is 5.10 Å². The highest BCUT2D eigenvalue weighted by molar-refractivity contribution is 5.97. The summed E-state index contributed by atoms with van der Waals surface area (Å²) in [6.45, 7) is 1.61. The van der Waals surface area contributed by atoms with Gasteiger partial charge in [-0.15, -0.1) is 0 Å². The summed E-state index contributed by atoms with van der Waals surface area (Å²) in [6.07, 6.45) is 1.48. The molecule has 132 valence electrons. The van der Waals surface area contributed by atoms with Crippen molar-refractivity contribution in [3.63, 3.8) is 0 Å². The zero-order valence-corrected chi connectivity index (χ0v) is 14.5. The van der Waals surface area contributed by atoms with E-state index in [9.17, 15) is 9.59 Å². The standard InChI is InChI=1S/C18H22N4O3/c1-21(11-14-10-15(12-25-2)20-19-14)18(24)13-5-7-16(8-6-13)22-9-3-4-17(22)23/h5-8,10H,3-4,9,11-12H2,1-2H3,(H,19,20). The van der Waals surface area contributed by atoms with Gasteiger partial charge in [-0.25, -0.2) is 0 Å². The number of aromatic nitrogens is 2. The van der Waals surface area contributed by atoms with Gasteiger partial charge in [0.2, 0.25) is 5.91 Å². The minimum Gasteiger partial charge on any atom is -0.378 e. The number of benzene rings is 1. The quantitative estimate of drug-likeness (QED) is 0.870. The number of rotatable bonds is 6. The van der Waals surface area contributed by atoms with Gasteiger partial charge < -0.3 is 14.5 Å². The van der Waals surface area contributed by atoms with Crippen molar-refractivity contribution in [2.24, 2.45) is 0 Å². The maximum atomic E-state index is 12.6. The predicted octanol–water partition coefficient (Wildman–Crippen LogP) is 1.96. The van der Waals surface area contributed by atoms with Crippen molar-refractivity contribution in [2.75, 3.05) is 25.6 Å². The number of hydrogen-bond donors (Lipinski definition) is 1. The first kappa shape index (κ1) is 17.2. The van der Waals surface area contributed by atoms with Crippen LogP contribution in [0.15, 0.2) is 30.3 Å². The van der Waals surface area contributed by atoms with E-state index in [0.717, 1.165) is 30.0 Å². The summed E-state index contributed by atoms with van der Waals surface area (Å²) in [7, 11) is 3.36. The van der Waals surface area contributed by atoms with Crippen molar-refractivity contribution in [3.05, 3.63) is 47.3 Å². The number of anilines is 1. The summed E-state index contributed by atoms with van der Waals surface area (Å²) < 4.78 is 5.03. The van der Waals surface area contributed by atoms with Gasteiger partial charge in [0, 0.05) is 38.4 Å². The lowest BCUT2D eigenvalue weighted by Gasteiger charge is -2.18. The summed E-state index contributed by atoms with van der Waals surface area (Å²) in [5.41, 5.74) is 3.09. The van der Waals surface area contributed by atoms with Crippen LogP contribution in [0.4, 0.5) is 5.69 Å². The van der Waals surface area contributed by atoms with Crippen LogP contribution in [0.5, 0.6) is 0 Å². The van der Waals surface area contributed by atoms with Crippen molar-refractivity contribution < 1.29 is 14.3 Å². The van der Waals surface area contributed by atoms with E-state index in [1.165, 1.54) is 0 Å². The number of aromatic amines is 1. The Bertz CT molecular complexity index is 754. The fraction of sp³-hybridized carbons (Fsp3) is 0.389. The number of carbonyl (C=O) groups excluding carboxylic acids is 2. The molecule has 0 bridgehead atoms. The van der Waals surface area contributed by atoms with Crippen LogP contribution in [0.25, 0.3) is 0 Å². The molecule has 1 aromatic carbocycles. The van der Waals surface area contributed by atoms with E-state index in [1.807, 2.05) is 18.2 Å². The molecule has 0 atom stereocenters. The van der Waals surface area contributed by atoms with Crippen LogP contribution >= 0.6 is 0 Å². The van der Waals surface area contributed by atoms with Crippen molar-refractivity contribution in [1.82, 2.24) is 15.1 Å². The zero-order valence-electron chi connectivity index (χ0n) is 14.5. The fourth-order valence-electron chi connectivity index (χ4n) is 2.96. The molecule has 2 amide bonds. The highest BCUT2D eigenvalue weighted by Crippen LogP contribution is 2.22. The number of nitrogens with one attached hydrogen (secondary N) is 1. The van der Waals surface area contributed by atoms with E-state index in [2.05, 4.69) is 10.2 Å². The first-order valence-corrected chi connectivity index (χ1v) is 8.26. The topological polar surface area (TPSA) is 78.5 Å². The Labute approximate surface area is 146 Å². The second-order valence-electron chi connectivity index (χ2n) is 6.17. The molecule has 1 aromatic heterocycles. The summed E-state index contributed by atoms with van der Waals surface area (Å²) in [5, 5.41) is 7.04. The minimum absolute atomic E-state index is 0.0813. The Hall–Kier alpha value is -2.67. The number of ether oxygens (including phenoxy) is 1. The van der Waals surface area contributed by atoms with Crippen LogP contribution < -0.4 is 4.90 Å². The van der Waals surface area contributed by atoms with Crippen LogP contribution in [-0.2, 0) is 22.7 Å². The molecular formula is C18H22N4O3. The van der Waals surface area contributed by atoms with Gasteiger partial charge in [0.05, 0.1) is 24.5 Å². The Morgan fingerprint density at radius 1 is 1.36 bits per heavy atom. The molecule has 1 saturated heterocycles. The smallest absolute Gasteiger partial charge is 0.253 e. The summed E-state index contributed by atoms with van der Waals surface area (Å²) in [5.74, 6) is 0.0597. The number of carbonyl (C=O) groups is 2. The lowest BCUT2D eigenvalue weighted by atomic mass is 10.1. The van der Waals surface area contributed by atoms with Crippen molar-refractivity contribution in [2.45, 2.75) is 26.0 Å². The molecular weight excluding hydrogens is 320 g/mol. The average molecular weight is 342 g/mol. The van der Waals surface area contributed by atoms with E-state index < -0.39 is 0 Å². The molecule has 2 heterocycles. The molecule has 0 spiro atoms. The van der Waals surface area contributed by atoms with E-state index >= 15 is 0 Å². The molecule has 7 heteroatoms. The zero-order chi connectivity index (χ0) is 17.8. The second kappa shape index (κ2) is 7.48. The second-order valence-corrected chi connectivity index (χ2v) is 6.17. The molecule has 3 rings (SSSR count).